The Morgan fingerprint density at radius 1 is 0.870 bits per heavy atom. The molecule has 0 amide bonds. The second-order valence-corrected chi connectivity index (χ2v) is 5.47. The van der Waals surface area contributed by atoms with Crippen molar-refractivity contribution < 1.29 is 9.53 Å². The van der Waals surface area contributed by atoms with Gasteiger partial charge in [0.25, 0.3) is 0 Å². The largest absolute Gasteiger partial charge is 0.488 e. The van der Waals surface area contributed by atoms with Crippen molar-refractivity contribution in [2.24, 2.45) is 0 Å². The summed E-state index contributed by atoms with van der Waals surface area (Å²) in [4.78, 5) is 11.5. The number of hydrogen-bond donors (Lipinski definition) is 0. The van der Waals surface area contributed by atoms with Gasteiger partial charge in [-0.05, 0) is 41.3 Å². The van der Waals surface area contributed by atoms with E-state index in [4.69, 9.17) is 4.74 Å². The second kappa shape index (κ2) is 6.93. The van der Waals surface area contributed by atoms with Crippen LogP contribution in [-0.2, 0) is 6.61 Å². The van der Waals surface area contributed by atoms with Gasteiger partial charge in [0.15, 0.2) is 6.29 Å². The molecule has 114 valence electrons. The molecule has 0 fully saturated rings. The summed E-state index contributed by atoms with van der Waals surface area (Å²) >= 11 is 0. The summed E-state index contributed by atoms with van der Waals surface area (Å²) in [5, 5.41) is 0. The first-order chi connectivity index (χ1) is 11.3. The van der Waals surface area contributed by atoms with Gasteiger partial charge in [-0.15, -0.1) is 0 Å². The lowest BCUT2D eigenvalue weighted by Crippen LogP contribution is -2.01. The minimum atomic E-state index is 0.452. The summed E-state index contributed by atoms with van der Waals surface area (Å²) < 4.78 is 5.90. The smallest absolute Gasteiger partial charge is 0.153 e. The van der Waals surface area contributed by atoms with E-state index in [9.17, 15) is 4.79 Å². The molecule has 3 rings (SSSR count). The van der Waals surface area contributed by atoms with E-state index < -0.39 is 0 Å². The van der Waals surface area contributed by atoms with Crippen LogP contribution in [0.4, 0.5) is 0 Å². The van der Waals surface area contributed by atoms with Gasteiger partial charge >= 0.3 is 0 Å². The van der Waals surface area contributed by atoms with Crippen molar-refractivity contribution >= 4 is 6.29 Å². The summed E-state index contributed by atoms with van der Waals surface area (Å²) in [7, 11) is 0. The topological polar surface area (TPSA) is 26.3 Å². The molecule has 0 aliphatic heterocycles. The molecular formula is C21H18O2. The average Bonchev–Trinajstić information content (AvgIpc) is 2.61. The van der Waals surface area contributed by atoms with E-state index in [-0.39, 0.29) is 0 Å². The Balaban J connectivity index is 1.90. The van der Waals surface area contributed by atoms with Gasteiger partial charge < -0.3 is 4.74 Å². The minimum Gasteiger partial charge on any atom is -0.488 e. The number of aryl methyl sites for hydroxylation is 1. The quantitative estimate of drug-likeness (QED) is 0.616. The van der Waals surface area contributed by atoms with Crippen LogP contribution in [0.5, 0.6) is 5.75 Å². The maximum Gasteiger partial charge on any atom is 0.153 e. The molecule has 0 aromatic heterocycles. The van der Waals surface area contributed by atoms with Gasteiger partial charge in [-0.25, -0.2) is 0 Å². The summed E-state index contributed by atoms with van der Waals surface area (Å²) in [6.07, 6.45) is 0.861. The Morgan fingerprint density at radius 2 is 1.52 bits per heavy atom. The third-order valence-electron chi connectivity index (χ3n) is 3.76. The van der Waals surface area contributed by atoms with Gasteiger partial charge in [-0.2, -0.15) is 0 Å². The molecule has 2 heteroatoms. The van der Waals surface area contributed by atoms with Crippen molar-refractivity contribution in [1.29, 1.82) is 0 Å². The van der Waals surface area contributed by atoms with Gasteiger partial charge in [0.2, 0.25) is 0 Å². The van der Waals surface area contributed by atoms with Crippen molar-refractivity contribution in [2.75, 3.05) is 0 Å². The zero-order valence-electron chi connectivity index (χ0n) is 13.0. The van der Waals surface area contributed by atoms with E-state index in [1.54, 1.807) is 0 Å². The van der Waals surface area contributed by atoms with E-state index in [2.05, 4.69) is 6.07 Å². The highest BCUT2D eigenvalue weighted by Crippen LogP contribution is 2.30. The highest BCUT2D eigenvalue weighted by Gasteiger charge is 2.10. The molecule has 0 saturated carbocycles. The number of benzene rings is 3. The molecular weight excluding hydrogens is 284 g/mol. The third-order valence-corrected chi connectivity index (χ3v) is 3.76. The van der Waals surface area contributed by atoms with Crippen LogP contribution < -0.4 is 4.74 Å². The minimum absolute atomic E-state index is 0.452. The zero-order chi connectivity index (χ0) is 16.1. The number of ether oxygens (including phenoxy) is 1. The first kappa shape index (κ1) is 15.0. The summed E-state index contributed by atoms with van der Waals surface area (Å²) in [5.41, 5.74) is 4.74. The van der Waals surface area contributed by atoms with Crippen LogP contribution in [0, 0.1) is 6.92 Å². The Hall–Kier alpha value is -2.87. The predicted octanol–water partition coefficient (Wildman–Crippen LogP) is 5.05. The molecule has 0 radical (unpaired) electrons. The number of rotatable bonds is 5. The first-order valence-electron chi connectivity index (χ1n) is 7.60. The normalized spacial score (nSPS) is 10.3. The monoisotopic (exact) mass is 302 g/mol. The number of aldehydes is 1. The lowest BCUT2D eigenvalue weighted by molar-refractivity contribution is 0.111. The summed E-state index contributed by atoms with van der Waals surface area (Å²) in [6.45, 7) is 2.42. The highest BCUT2D eigenvalue weighted by molar-refractivity contribution is 5.84. The molecule has 0 aliphatic carbocycles. The van der Waals surface area contributed by atoms with Crippen molar-refractivity contribution in [3.05, 3.63) is 89.5 Å². The number of carbonyl (C=O) groups excluding carboxylic acids is 1. The van der Waals surface area contributed by atoms with E-state index in [0.717, 1.165) is 28.5 Å². The van der Waals surface area contributed by atoms with Gasteiger partial charge in [-0.3, -0.25) is 4.79 Å². The molecule has 0 unspecified atom stereocenters. The Morgan fingerprint density at radius 3 is 2.17 bits per heavy atom. The highest BCUT2D eigenvalue weighted by atomic mass is 16.5. The second-order valence-electron chi connectivity index (χ2n) is 5.47. The molecule has 0 atom stereocenters. The van der Waals surface area contributed by atoms with Crippen LogP contribution in [0.2, 0.25) is 0 Å². The number of carbonyl (C=O) groups is 1. The van der Waals surface area contributed by atoms with Gasteiger partial charge in [0.05, 0.1) is 5.56 Å². The lowest BCUT2D eigenvalue weighted by Gasteiger charge is -2.14. The van der Waals surface area contributed by atoms with Crippen LogP contribution in [0.3, 0.4) is 0 Å². The van der Waals surface area contributed by atoms with Gasteiger partial charge in [-0.1, -0.05) is 60.7 Å². The van der Waals surface area contributed by atoms with E-state index in [0.29, 0.717) is 17.9 Å². The molecule has 23 heavy (non-hydrogen) atoms. The molecule has 0 heterocycles. The molecule has 0 bridgehead atoms. The fraction of sp³-hybridized carbons (Fsp3) is 0.0952. The molecule has 0 aliphatic rings. The fourth-order valence-corrected chi connectivity index (χ4v) is 2.61. The molecule has 0 spiro atoms. The molecule has 0 N–H and O–H groups in total. The van der Waals surface area contributed by atoms with Gasteiger partial charge in [0, 0.05) is 0 Å². The third kappa shape index (κ3) is 3.49. The summed E-state index contributed by atoms with van der Waals surface area (Å²) in [6, 6.07) is 23.9. The average molecular weight is 302 g/mol. The van der Waals surface area contributed by atoms with Gasteiger partial charge in [0.1, 0.15) is 12.4 Å². The van der Waals surface area contributed by atoms with Crippen molar-refractivity contribution in [1.82, 2.24) is 0 Å². The van der Waals surface area contributed by atoms with Crippen LogP contribution in [-0.4, -0.2) is 6.29 Å². The van der Waals surface area contributed by atoms with E-state index >= 15 is 0 Å². The lowest BCUT2D eigenvalue weighted by atomic mass is 9.99. The van der Waals surface area contributed by atoms with Crippen LogP contribution in [0.15, 0.2) is 72.8 Å². The molecule has 3 aromatic carbocycles. The van der Waals surface area contributed by atoms with Crippen molar-refractivity contribution in [3.63, 3.8) is 0 Å². The zero-order valence-corrected chi connectivity index (χ0v) is 13.0. The Bertz CT molecular complexity index is 793. The van der Waals surface area contributed by atoms with Crippen molar-refractivity contribution in [2.45, 2.75) is 13.5 Å². The Labute approximate surface area is 136 Å². The molecule has 2 nitrogen and oxygen atoms in total. The van der Waals surface area contributed by atoms with Crippen LogP contribution >= 0.6 is 0 Å². The maximum absolute atomic E-state index is 11.5. The molecule has 3 aromatic rings. The van der Waals surface area contributed by atoms with E-state index in [1.807, 2.05) is 73.7 Å². The molecule has 0 saturated heterocycles. The van der Waals surface area contributed by atoms with Crippen molar-refractivity contribution in [3.8, 4) is 16.9 Å². The summed E-state index contributed by atoms with van der Waals surface area (Å²) in [5.74, 6) is 0.656. The first-order valence-corrected chi connectivity index (χ1v) is 7.60. The fourth-order valence-electron chi connectivity index (χ4n) is 2.61. The predicted molar refractivity (Wildman–Crippen MR) is 92.8 cm³/mol. The SMILES string of the molecule is Cc1cc(-c2ccccc2)cc(C=O)c1OCc1ccccc1. The maximum atomic E-state index is 11.5. The number of hydrogen-bond acceptors (Lipinski definition) is 2. The standard InChI is InChI=1S/C21H18O2/c1-16-12-19(18-10-6-3-7-11-18)13-20(14-22)21(16)23-15-17-8-4-2-5-9-17/h2-14H,15H2,1H3. The Kier molecular flexibility index (Phi) is 4.53. The van der Waals surface area contributed by atoms with Crippen LogP contribution in [0.1, 0.15) is 21.5 Å². The van der Waals surface area contributed by atoms with Crippen LogP contribution in [0.25, 0.3) is 11.1 Å². The van der Waals surface area contributed by atoms with E-state index in [1.165, 1.54) is 0 Å².